The van der Waals surface area contributed by atoms with E-state index in [1.54, 1.807) is 0 Å². The molecule has 92 valence electrons. The van der Waals surface area contributed by atoms with Gasteiger partial charge in [-0.2, -0.15) is 0 Å². The zero-order valence-corrected chi connectivity index (χ0v) is 9.24. The summed E-state index contributed by atoms with van der Waals surface area (Å²) >= 11 is 0. The standard InChI is InChI=1S/C14H9F3O/c15-10-7-5-9(6-8-10)13(18)11-3-1-2-4-12(11)14(16)17/h1-8,14H. The number of carbonyl (C=O) groups is 1. The third kappa shape index (κ3) is 2.42. The summed E-state index contributed by atoms with van der Waals surface area (Å²) in [4.78, 5) is 12.0. The van der Waals surface area contributed by atoms with Crippen LogP contribution < -0.4 is 0 Å². The summed E-state index contributed by atoms with van der Waals surface area (Å²) in [7, 11) is 0. The zero-order valence-electron chi connectivity index (χ0n) is 9.24. The van der Waals surface area contributed by atoms with Crippen LogP contribution >= 0.6 is 0 Å². The van der Waals surface area contributed by atoms with Crippen LogP contribution in [0, 0.1) is 5.82 Å². The number of carbonyl (C=O) groups excluding carboxylic acids is 1. The molecule has 0 aliphatic rings. The molecule has 0 aliphatic heterocycles. The number of alkyl halides is 2. The van der Waals surface area contributed by atoms with Crippen molar-refractivity contribution in [2.75, 3.05) is 0 Å². The van der Waals surface area contributed by atoms with Gasteiger partial charge >= 0.3 is 0 Å². The second kappa shape index (κ2) is 5.04. The molecule has 0 saturated heterocycles. The molecule has 0 atom stereocenters. The SMILES string of the molecule is O=C(c1ccc(F)cc1)c1ccccc1C(F)F. The van der Waals surface area contributed by atoms with E-state index in [4.69, 9.17) is 0 Å². The Balaban J connectivity index is 2.43. The van der Waals surface area contributed by atoms with E-state index in [-0.39, 0.29) is 16.7 Å². The molecule has 2 aromatic rings. The van der Waals surface area contributed by atoms with Gasteiger partial charge in [0.2, 0.25) is 0 Å². The molecule has 2 rings (SSSR count). The maximum atomic E-state index is 12.8. The van der Waals surface area contributed by atoms with Crippen molar-refractivity contribution >= 4 is 5.78 Å². The molecule has 0 saturated carbocycles. The van der Waals surface area contributed by atoms with E-state index in [9.17, 15) is 18.0 Å². The van der Waals surface area contributed by atoms with E-state index in [2.05, 4.69) is 0 Å². The van der Waals surface area contributed by atoms with Crippen LogP contribution in [0.2, 0.25) is 0 Å². The summed E-state index contributed by atoms with van der Waals surface area (Å²) in [6, 6.07) is 10.3. The van der Waals surface area contributed by atoms with E-state index in [0.29, 0.717) is 0 Å². The summed E-state index contributed by atoms with van der Waals surface area (Å²) < 4.78 is 38.2. The molecule has 0 spiro atoms. The quantitative estimate of drug-likeness (QED) is 0.752. The van der Waals surface area contributed by atoms with Gasteiger partial charge in [-0.05, 0) is 24.3 Å². The van der Waals surface area contributed by atoms with Crippen LogP contribution in [-0.4, -0.2) is 5.78 Å². The molecule has 0 heterocycles. The second-order valence-corrected chi connectivity index (χ2v) is 3.72. The van der Waals surface area contributed by atoms with Gasteiger partial charge in [0.1, 0.15) is 5.82 Å². The lowest BCUT2D eigenvalue weighted by Crippen LogP contribution is -2.05. The highest BCUT2D eigenvalue weighted by Gasteiger charge is 2.18. The molecule has 0 fully saturated rings. The van der Waals surface area contributed by atoms with Gasteiger partial charge in [0.05, 0.1) is 0 Å². The normalized spacial score (nSPS) is 10.7. The first-order chi connectivity index (χ1) is 8.59. The van der Waals surface area contributed by atoms with Crippen LogP contribution in [0.1, 0.15) is 27.9 Å². The summed E-state index contributed by atoms with van der Waals surface area (Å²) in [5, 5.41) is 0. The Morgan fingerprint density at radius 3 is 2.17 bits per heavy atom. The maximum absolute atomic E-state index is 12.8. The highest BCUT2D eigenvalue weighted by atomic mass is 19.3. The van der Waals surface area contributed by atoms with Gasteiger partial charge in [-0.25, -0.2) is 13.2 Å². The molecule has 0 unspecified atom stereocenters. The number of benzene rings is 2. The lowest BCUT2D eigenvalue weighted by atomic mass is 9.98. The number of hydrogen-bond acceptors (Lipinski definition) is 1. The first-order valence-corrected chi connectivity index (χ1v) is 5.27. The van der Waals surface area contributed by atoms with Crippen LogP contribution in [0.15, 0.2) is 48.5 Å². The molecule has 0 aromatic heterocycles. The average Bonchev–Trinajstić information content (AvgIpc) is 2.39. The van der Waals surface area contributed by atoms with Crippen LogP contribution in [0.4, 0.5) is 13.2 Å². The Bertz CT molecular complexity index is 562. The zero-order chi connectivity index (χ0) is 13.1. The van der Waals surface area contributed by atoms with Gasteiger partial charge in [-0.3, -0.25) is 4.79 Å². The lowest BCUT2D eigenvalue weighted by molar-refractivity contribution is 0.102. The number of rotatable bonds is 3. The third-order valence-corrected chi connectivity index (χ3v) is 2.55. The van der Waals surface area contributed by atoms with Gasteiger partial charge in [-0.1, -0.05) is 24.3 Å². The summed E-state index contributed by atoms with van der Waals surface area (Å²) in [6.45, 7) is 0. The molecule has 0 aliphatic carbocycles. The molecule has 4 heteroatoms. The molecule has 0 N–H and O–H groups in total. The Morgan fingerprint density at radius 2 is 1.56 bits per heavy atom. The van der Waals surface area contributed by atoms with Gasteiger partial charge in [0.25, 0.3) is 6.43 Å². The molecule has 0 amide bonds. The minimum atomic E-state index is -2.72. The smallest absolute Gasteiger partial charge is 0.264 e. The minimum absolute atomic E-state index is 0.0564. The van der Waals surface area contributed by atoms with E-state index >= 15 is 0 Å². The molecule has 2 aromatic carbocycles. The van der Waals surface area contributed by atoms with E-state index in [1.165, 1.54) is 36.4 Å². The van der Waals surface area contributed by atoms with Crippen LogP contribution in [0.25, 0.3) is 0 Å². The largest absolute Gasteiger partial charge is 0.289 e. The minimum Gasteiger partial charge on any atom is -0.289 e. The molecule has 0 radical (unpaired) electrons. The van der Waals surface area contributed by atoms with Crippen molar-refractivity contribution in [3.05, 3.63) is 71.0 Å². The van der Waals surface area contributed by atoms with Gasteiger partial charge in [0, 0.05) is 16.7 Å². The van der Waals surface area contributed by atoms with E-state index < -0.39 is 18.0 Å². The Morgan fingerprint density at radius 1 is 0.944 bits per heavy atom. The molecule has 0 bridgehead atoms. The monoisotopic (exact) mass is 250 g/mol. The fourth-order valence-electron chi connectivity index (χ4n) is 1.65. The summed E-state index contributed by atoms with van der Waals surface area (Å²) in [5.41, 5.74) is -0.185. The average molecular weight is 250 g/mol. The Kier molecular flexibility index (Phi) is 3.46. The third-order valence-electron chi connectivity index (χ3n) is 2.55. The molecule has 1 nitrogen and oxygen atoms in total. The van der Waals surface area contributed by atoms with Crippen molar-refractivity contribution in [2.45, 2.75) is 6.43 Å². The predicted octanol–water partition coefficient (Wildman–Crippen LogP) is 3.99. The van der Waals surface area contributed by atoms with Crippen molar-refractivity contribution in [2.24, 2.45) is 0 Å². The van der Waals surface area contributed by atoms with Crippen LogP contribution in [0.3, 0.4) is 0 Å². The van der Waals surface area contributed by atoms with Crippen LogP contribution in [0.5, 0.6) is 0 Å². The Hall–Kier alpha value is -2.10. The fraction of sp³-hybridized carbons (Fsp3) is 0.0714. The number of ketones is 1. The van der Waals surface area contributed by atoms with Gasteiger partial charge in [0.15, 0.2) is 5.78 Å². The highest BCUT2D eigenvalue weighted by molar-refractivity contribution is 6.09. The van der Waals surface area contributed by atoms with Gasteiger partial charge in [-0.15, -0.1) is 0 Å². The second-order valence-electron chi connectivity index (χ2n) is 3.72. The van der Waals surface area contributed by atoms with Crippen molar-refractivity contribution in [1.29, 1.82) is 0 Å². The van der Waals surface area contributed by atoms with Crippen molar-refractivity contribution in [3.8, 4) is 0 Å². The number of hydrogen-bond donors (Lipinski definition) is 0. The van der Waals surface area contributed by atoms with E-state index in [0.717, 1.165) is 12.1 Å². The summed E-state index contributed by atoms with van der Waals surface area (Å²) in [5.74, 6) is -1.01. The van der Waals surface area contributed by atoms with E-state index in [1.807, 2.05) is 0 Å². The lowest BCUT2D eigenvalue weighted by Gasteiger charge is -2.07. The molecular formula is C14H9F3O. The molecular weight excluding hydrogens is 241 g/mol. The number of halogens is 3. The fourth-order valence-corrected chi connectivity index (χ4v) is 1.65. The topological polar surface area (TPSA) is 17.1 Å². The van der Waals surface area contributed by atoms with Crippen LogP contribution in [-0.2, 0) is 0 Å². The van der Waals surface area contributed by atoms with Crippen molar-refractivity contribution in [3.63, 3.8) is 0 Å². The van der Waals surface area contributed by atoms with Crippen molar-refractivity contribution < 1.29 is 18.0 Å². The Labute approximate surface area is 102 Å². The first kappa shape index (κ1) is 12.4. The summed E-state index contributed by atoms with van der Waals surface area (Å²) in [6.07, 6.45) is -2.72. The first-order valence-electron chi connectivity index (χ1n) is 5.27. The van der Waals surface area contributed by atoms with Gasteiger partial charge < -0.3 is 0 Å². The highest BCUT2D eigenvalue weighted by Crippen LogP contribution is 2.24. The maximum Gasteiger partial charge on any atom is 0.264 e. The van der Waals surface area contributed by atoms with Crippen molar-refractivity contribution in [1.82, 2.24) is 0 Å². The molecule has 18 heavy (non-hydrogen) atoms. The predicted molar refractivity (Wildman–Crippen MR) is 61.2 cm³/mol.